The molecule has 1 unspecified atom stereocenters. The highest BCUT2D eigenvalue weighted by atomic mass is 19.1. The molecule has 1 nitrogen and oxygen atoms in total. The Morgan fingerprint density at radius 2 is 1.94 bits per heavy atom. The lowest BCUT2D eigenvalue weighted by molar-refractivity contribution is 0.476. The van der Waals surface area contributed by atoms with E-state index in [9.17, 15) is 8.78 Å². The lowest BCUT2D eigenvalue weighted by atomic mass is 10.00. The Hall–Kier alpha value is -0.960. The van der Waals surface area contributed by atoms with Crippen LogP contribution in [0.5, 0.6) is 0 Å². The maximum absolute atomic E-state index is 13.4. The molecule has 0 spiro atoms. The van der Waals surface area contributed by atoms with Crippen LogP contribution in [-0.4, -0.2) is 12.6 Å². The summed E-state index contributed by atoms with van der Waals surface area (Å²) in [4.78, 5) is 0. The third-order valence-electron chi connectivity index (χ3n) is 2.95. The van der Waals surface area contributed by atoms with Gasteiger partial charge in [-0.3, -0.25) is 0 Å². The minimum atomic E-state index is -0.432. The van der Waals surface area contributed by atoms with E-state index in [4.69, 9.17) is 0 Å². The number of hydrogen-bond acceptors (Lipinski definition) is 1. The van der Waals surface area contributed by atoms with E-state index in [-0.39, 0.29) is 11.5 Å². The van der Waals surface area contributed by atoms with Gasteiger partial charge in [0.2, 0.25) is 0 Å². The average molecular weight is 225 g/mol. The van der Waals surface area contributed by atoms with Crippen molar-refractivity contribution in [3.05, 3.63) is 35.4 Å². The monoisotopic (exact) mass is 225 g/mol. The molecule has 1 saturated carbocycles. The molecule has 1 atom stereocenters. The van der Waals surface area contributed by atoms with Crippen molar-refractivity contribution in [3.8, 4) is 0 Å². The third kappa shape index (κ3) is 3.01. The van der Waals surface area contributed by atoms with Crippen molar-refractivity contribution in [1.82, 2.24) is 5.32 Å². The number of hydrogen-bond donors (Lipinski definition) is 1. The zero-order valence-electron chi connectivity index (χ0n) is 9.47. The quantitative estimate of drug-likeness (QED) is 0.812. The molecule has 1 aliphatic carbocycles. The summed E-state index contributed by atoms with van der Waals surface area (Å²) in [6.45, 7) is 2.85. The van der Waals surface area contributed by atoms with Gasteiger partial charge < -0.3 is 5.32 Å². The van der Waals surface area contributed by atoms with Crippen LogP contribution in [0.4, 0.5) is 8.78 Å². The second-order valence-electron chi connectivity index (χ2n) is 4.69. The molecule has 1 aromatic rings. The summed E-state index contributed by atoms with van der Waals surface area (Å²) in [5, 5.41) is 3.37. The molecule has 2 rings (SSSR count). The molecule has 0 aliphatic heterocycles. The van der Waals surface area contributed by atoms with Crippen LogP contribution in [0, 0.1) is 17.6 Å². The van der Waals surface area contributed by atoms with Crippen molar-refractivity contribution in [3.63, 3.8) is 0 Å². The molecule has 88 valence electrons. The van der Waals surface area contributed by atoms with Crippen molar-refractivity contribution in [2.45, 2.75) is 32.2 Å². The zero-order valence-corrected chi connectivity index (χ0v) is 9.47. The van der Waals surface area contributed by atoms with Crippen molar-refractivity contribution in [2.75, 3.05) is 6.54 Å². The summed E-state index contributed by atoms with van der Waals surface area (Å²) in [6, 6.07) is 4.69. The van der Waals surface area contributed by atoms with Gasteiger partial charge in [0, 0.05) is 11.6 Å². The van der Waals surface area contributed by atoms with Gasteiger partial charge in [-0.05, 0) is 43.9 Å². The van der Waals surface area contributed by atoms with Gasteiger partial charge >= 0.3 is 0 Å². The molecule has 0 amide bonds. The van der Waals surface area contributed by atoms with Crippen LogP contribution >= 0.6 is 0 Å². The van der Waals surface area contributed by atoms with Crippen LogP contribution < -0.4 is 5.32 Å². The van der Waals surface area contributed by atoms with Crippen LogP contribution in [0.2, 0.25) is 0 Å². The number of nitrogens with one attached hydrogen (secondary N) is 1. The first-order valence-corrected chi connectivity index (χ1v) is 5.83. The van der Waals surface area contributed by atoms with Gasteiger partial charge in [0.15, 0.2) is 0 Å². The lowest BCUT2D eigenvalue weighted by Gasteiger charge is -2.13. The number of halogens is 2. The van der Waals surface area contributed by atoms with Crippen molar-refractivity contribution in [2.24, 2.45) is 5.92 Å². The molecular formula is C13H17F2N. The predicted molar refractivity (Wildman–Crippen MR) is 60.3 cm³/mol. The largest absolute Gasteiger partial charge is 0.314 e. The fourth-order valence-electron chi connectivity index (χ4n) is 1.80. The maximum atomic E-state index is 13.4. The molecule has 1 fully saturated rings. The first-order chi connectivity index (χ1) is 7.66. The normalized spacial score (nSPS) is 17.4. The maximum Gasteiger partial charge on any atom is 0.129 e. The van der Waals surface area contributed by atoms with E-state index in [1.165, 1.54) is 31.0 Å². The van der Waals surface area contributed by atoms with Gasteiger partial charge in [0.25, 0.3) is 0 Å². The standard InChI is InChI=1S/C13H17F2N/c1-9(8-16-10-5-6-10)7-11-12(14)3-2-4-13(11)15/h2-4,9-10,16H,5-8H2,1H3. The summed E-state index contributed by atoms with van der Waals surface area (Å²) in [6.07, 6.45) is 2.93. The summed E-state index contributed by atoms with van der Waals surface area (Å²) >= 11 is 0. The molecule has 0 bridgehead atoms. The van der Waals surface area contributed by atoms with E-state index in [0.717, 1.165) is 6.54 Å². The Morgan fingerprint density at radius 1 is 1.31 bits per heavy atom. The van der Waals surface area contributed by atoms with Gasteiger partial charge in [-0.15, -0.1) is 0 Å². The van der Waals surface area contributed by atoms with Crippen molar-refractivity contribution < 1.29 is 8.78 Å². The van der Waals surface area contributed by atoms with Crippen LogP contribution in [0.3, 0.4) is 0 Å². The molecule has 0 aromatic heterocycles. The summed E-state index contributed by atoms with van der Waals surface area (Å²) < 4.78 is 26.7. The van der Waals surface area contributed by atoms with E-state index in [0.29, 0.717) is 12.5 Å². The molecule has 3 heteroatoms. The second-order valence-corrected chi connectivity index (χ2v) is 4.69. The predicted octanol–water partition coefficient (Wildman–Crippen LogP) is 2.90. The minimum Gasteiger partial charge on any atom is -0.314 e. The summed E-state index contributed by atoms with van der Waals surface area (Å²) in [7, 11) is 0. The molecule has 0 saturated heterocycles. The molecule has 0 heterocycles. The SMILES string of the molecule is CC(CNC1CC1)Cc1c(F)cccc1F. The summed E-state index contributed by atoms with van der Waals surface area (Å²) in [5.41, 5.74) is 0.215. The van der Waals surface area contributed by atoms with Crippen molar-refractivity contribution >= 4 is 0 Å². The van der Waals surface area contributed by atoms with Gasteiger partial charge in [-0.25, -0.2) is 8.78 Å². The Bertz CT molecular complexity index is 341. The van der Waals surface area contributed by atoms with Crippen molar-refractivity contribution in [1.29, 1.82) is 0 Å². The van der Waals surface area contributed by atoms with E-state index in [2.05, 4.69) is 5.32 Å². The second kappa shape index (κ2) is 4.91. The Kier molecular flexibility index (Phi) is 3.54. The van der Waals surface area contributed by atoms with Crippen LogP contribution in [0.25, 0.3) is 0 Å². The molecular weight excluding hydrogens is 208 g/mol. The lowest BCUT2D eigenvalue weighted by Crippen LogP contribution is -2.24. The van der Waals surface area contributed by atoms with E-state index >= 15 is 0 Å². The Morgan fingerprint density at radius 3 is 2.50 bits per heavy atom. The highest BCUT2D eigenvalue weighted by Gasteiger charge is 2.21. The Labute approximate surface area is 94.9 Å². The van der Waals surface area contributed by atoms with Gasteiger partial charge in [-0.2, -0.15) is 0 Å². The third-order valence-corrected chi connectivity index (χ3v) is 2.95. The first-order valence-electron chi connectivity index (χ1n) is 5.83. The number of benzene rings is 1. The molecule has 1 N–H and O–H groups in total. The number of rotatable bonds is 5. The molecule has 1 aromatic carbocycles. The van der Waals surface area contributed by atoms with Gasteiger partial charge in [0.05, 0.1) is 0 Å². The minimum absolute atomic E-state index is 0.215. The first kappa shape index (κ1) is 11.5. The average Bonchev–Trinajstić information content (AvgIpc) is 3.04. The van der Waals surface area contributed by atoms with Gasteiger partial charge in [0.1, 0.15) is 11.6 Å². The summed E-state index contributed by atoms with van der Waals surface area (Å²) in [5.74, 6) is -0.608. The fourth-order valence-corrected chi connectivity index (χ4v) is 1.80. The molecule has 1 aliphatic rings. The van der Waals surface area contributed by atoms with Crippen LogP contribution in [-0.2, 0) is 6.42 Å². The highest BCUT2D eigenvalue weighted by molar-refractivity contribution is 5.20. The van der Waals surface area contributed by atoms with Crippen LogP contribution in [0.15, 0.2) is 18.2 Å². The van der Waals surface area contributed by atoms with E-state index in [1.54, 1.807) is 0 Å². The highest BCUT2D eigenvalue weighted by Crippen LogP contribution is 2.20. The van der Waals surface area contributed by atoms with E-state index < -0.39 is 11.6 Å². The smallest absolute Gasteiger partial charge is 0.129 e. The zero-order chi connectivity index (χ0) is 11.5. The molecule has 16 heavy (non-hydrogen) atoms. The molecule has 0 radical (unpaired) electrons. The Balaban J connectivity index is 1.91. The topological polar surface area (TPSA) is 12.0 Å². The van der Waals surface area contributed by atoms with E-state index in [1.807, 2.05) is 6.92 Å². The van der Waals surface area contributed by atoms with Gasteiger partial charge in [-0.1, -0.05) is 13.0 Å². The van der Waals surface area contributed by atoms with Crippen LogP contribution in [0.1, 0.15) is 25.3 Å². The fraction of sp³-hybridized carbons (Fsp3) is 0.538.